The van der Waals surface area contributed by atoms with Crippen LogP contribution in [0.15, 0.2) is 82.5 Å². The number of aromatic nitrogens is 2. The molecule has 1 aromatic heterocycles. The molecule has 24 heavy (non-hydrogen) atoms. The third-order valence-corrected chi connectivity index (χ3v) is 4.38. The highest BCUT2D eigenvalue weighted by molar-refractivity contribution is 7.98. The van der Waals surface area contributed by atoms with Gasteiger partial charge in [-0.1, -0.05) is 54.6 Å². The van der Waals surface area contributed by atoms with Crippen LogP contribution in [0.2, 0.25) is 0 Å². The predicted molar refractivity (Wildman–Crippen MR) is 101 cm³/mol. The van der Waals surface area contributed by atoms with Crippen LogP contribution in [0.3, 0.4) is 0 Å². The van der Waals surface area contributed by atoms with Gasteiger partial charge in [-0.3, -0.25) is 4.79 Å². The molecule has 3 rings (SSSR count). The highest BCUT2D eigenvalue weighted by atomic mass is 32.2. The Kier molecular flexibility index (Phi) is 5.29. The molecule has 0 bridgehead atoms. The molecule has 0 unspecified atom stereocenters. The van der Waals surface area contributed by atoms with Crippen LogP contribution < -0.4 is 5.56 Å². The monoisotopic (exact) mass is 334 g/mol. The highest BCUT2D eigenvalue weighted by Crippen LogP contribution is 2.20. The zero-order chi connectivity index (χ0) is 16.8. The second kappa shape index (κ2) is 7.79. The van der Waals surface area contributed by atoms with Crippen molar-refractivity contribution in [3.05, 3.63) is 88.7 Å². The van der Waals surface area contributed by atoms with Crippen molar-refractivity contribution in [1.29, 1.82) is 0 Å². The fourth-order valence-electron chi connectivity index (χ4n) is 2.35. The van der Waals surface area contributed by atoms with Gasteiger partial charge in [-0.2, -0.15) is 5.10 Å². The topological polar surface area (TPSA) is 34.9 Å². The maximum absolute atomic E-state index is 12.0. The van der Waals surface area contributed by atoms with E-state index < -0.39 is 0 Å². The molecular formula is C20H18N2OS. The van der Waals surface area contributed by atoms with Crippen LogP contribution in [0.25, 0.3) is 17.3 Å². The zero-order valence-corrected chi connectivity index (χ0v) is 14.2. The Balaban J connectivity index is 1.81. The lowest BCUT2D eigenvalue weighted by Crippen LogP contribution is -2.21. The number of rotatable bonds is 5. The summed E-state index contributed by atoms with van der Waals surface area (Å²) in [6.07, 6.45) is 5.99. The Labute approximate surface area is 145 Å². The van der Waals surface area contributed by atoms with Crippen molar-refractivity contribution in [2.24, 2.45) is 0 Å². The van der Waals surface area contributed by atoms with Crippen LogP contribution in [-0.4, -0.2) is 16.0 Å². The minimum Gasteiger partial charge on any atom is -0.268 e. The van der Waals surface area contributed by atoms with Gasteiger partial charge in [-0.15, -0.1) is 11.8 Å². The van der Waals surface area contributed by atoms with E-state index in [2.05, 4.69) is 17.2 Å². The minimum absolute atomic E-state index is 0.0998. The van der Waals surface area contributed by atoms with E-state index in [0.29, 0.717) is 6.54 Å². The van der Waals surface area contributed by atoms with Crippen LogP contribution in [0.1, 0.15) is 5.56 Å². The van der Waals surface area contributed by atoms with Crippen molar-refractivity contribution in [1.82, 2.24) is 9.78 Å². The fourth-order valence-corrected chi connectivity index (χ4v) is 2.76. The van der Waals surface area contributed by atoms with Gasteiger partial charge in [0.05, 0.1) is 12.2 Å². The van der Waals surface area contributed by atoms with E-state index in [9.17, 15) is 4.79 Å². The quantitative estimate of drug-likeness (QED) is 0.651. The van der Waals surface area contributed by atoms with Crippen molar-refractivity contribution >= 4 is 17.8 Å². The van der Waals surface area contributed by atoms with Gasteiger partial charge in [-0.05, 0) is 30.0 Å². The fraction of sp³-hybridized carbons (Fsp3) is 0.100. The largest absolute Gasteiger partial charge is 0.268 e. The van der Waals surface area contributed by atoms with E-state index in [1.807, 2.05) is 60.9 Å². The minimum atomic E-state index is -0.0998. The summed E-state index contributed by atoms with van der Waals surface area (Å²) in [6, 6.07) is 21.5. The lowest BCUT2D eigenvalue weighted by atomic mass is 10.1. The molecule has 0 aliphatic carbocycles. The molecule has 120 valence electrons. The molecule has 0 atom stereocenters. The van der Waals surface area contributed by atoms with Crippen molar-refractivity contribution in [3.8, 4) is 11.3 Å². The summed E-state index contributed by atoms with van der Waals surface area (Å²) in [5.74, 6) is 0. The van der Waals surface area contributed by atoms with Crippen LogP contribution in [0, 0.1) is 0 Å². The van der Waals surface area contributed by atoms with Gasteiger partial charge in [0.15, 0.2) is 0 Å². The molecule has 0 fully saturated rings. The summed E-state index contributed by atoms with van der Waals surface area (Å²) in [5.41, 5.74) is 2.82. The Morgan fingerprint density at radius 3 is 2.46 bits per heavy atom. The number of hydrogen-bond acceptors (Lipinski definition) is 3. The van der Waals surface area contributed by atoms with Gasteiger partial charge >= 0.3 is 0 Å². The molecule has 0 amide bonds. The van der Waals surface area contributed by atoms with Gasteiger partial charge in [0.1, 0.15) is 0 Å². The van der Waals surface area contributed by atoms with E-state index in [4.69, 9.17) is 0 Å². The number of hydrogen-bond donors (Lipinski definition) is 0. The van der Waals surface area contributed by atoms with Gasteiger partial charge in [0.2, 0.25) is 0 Å². The Morgan fingerprint density at radius 1 is 1.00 bits per heavy atom. The van der Waals surface area contributed by atoms with Crippen molar-refractivity contribution in [2.75, 3.05) is 6.26 Å². The van der Waals surface area contributed by atoms with Gasteiger partial charge < -0.3 is 0 Å². The first-order valence-electron chi connectivity index (χ1n) is 7.70. The molecule has 0 saturated carbocycles. The average Bonchev–Trinajstić information content (AvgIpc) is 2.64. The second-order valence-corrected chi connectivity index (χ2v) is 6.16. The molecule has 0 aliphatic heterocycles. The third-order valence-electron chi connectivity index (χ3n) is 3.64. The summed E-state index contributed by atoms with van der Waals surface area (Å²) >= 11 is 1.70. The van der Waals surface area contributed by atoms with E-state index in [0.717, 1.165) is 16.8 Å². The standard InChI is InChI=1S/C20H18N2OS/c1-24-18-11-9-17(10-12-18)19-13-14-20(23)22(21-19)15-5-8-16-6-3-2-4-7-16/h2-14H,15H2,1H3/b8-5+. The maximum atomic E-state index is 12.0. The molecule has 0 spiro atoms. The summed E-state index contributed by atoms with van der Waals surface area (Å²) in [5, 5.41) is 4.48. The van der Waals surface area contributed by atoms with Gasteiger partial charge in [-0.25, -0.2) is 4.68 Å². The smallest absolute Gasteiger partial charge is 0.267 e. The average molecular weight is 334 g/mol. The molecule has 2 aromatic carbocycles. The van der Waals surface area contributed by atoms with Crippen LogP contribution >= 0.6 is 11.8 Å². The summed E-state index contributed by atoms with van der Waals surface area (Å²) < 4.78 is 1.48. The molecule has 0 N–H and O–H groups in total. The van der Waals surface area contributed by atoms with Gasteiger partial charge in [0, 0.05) is 16.5 Å². The first-order valence-corrected chi connectivity index (χ1v) is 8.93. The van der Waals surface area contributed by atoms with Crippen LogP contribution in [-0.2, 0) is 6.54 Å². The molecule has 0 saturated heterocycles. The number of benzene rings is 2. The lowest BCUT2D eigenvalue weighted by molar-refractivity contribution is 0.656. The number of nitrogens with zero attached hydrogens (tertiary/aromatic N) is 2. The Bertz CT molecular complexity index is 884. The molecular weight excluding hydrogens is 316 g/mol. The summed E-state index contributed by atoms with van der Waals surface area (Å²) in [6.45, 7) is 0.449. The maximum Gasteiger partial charge on any atom is 0.267 e. The lowest BCUT2D eigenvalue weighted by Gasteiger charge is -2.06. The number of allylic oxidation sites excluding steroid dienone is 1. The first-order chi connectivity index (χ1) is 11.8. The molecule has 0 aliphatic rings. The van der Waals surface area contributed by atoms with E-state index in [1.165, 1.54) is 9.58 Å². The third kappa shape index (κ3) is 4.03. The molecule has 3 nitrogen and oxygen atoms in total. The van der Waals surface area contributed by atoms with E-state index in [-0.39, 0.29) is 5.56 Å². The Hall–Kier alpha value is -2.59. The molecule has 4 heteroatoms. The summed E-state index contributed by atoms with van der Waals surface area (Å²) in [4.78, 5) is 13.2. The number of thioether (sulfide) groups is 1. The van der Waals surface area contributed by atoms with Crippen LogP contribution in [0.5, 0.6) is 0 Å². The van der Waals surface area contributed by atoms with E-state index >= 15 is 0 Å². The van der Waals surface area contributed by atoms with Crippen molar-refractivity contribution in [3.63, 3.8) is 0 Å². The normalized spacial score (nSPS) is 11.0. The molecule has 1 heterocycles. The van der Waals surface area contributed by atoms with Crippen LogP contribution in [0.4, 0.5) is 0 Å². The second-order valence-electron chi connectivity index (χ2n) is 5.28. The first kappa shape index (κ1) is 16.3. The van der Waals surface area contributed by atoms with E-state index in [1.54, 1.807) is 23.9 Å². The highest BCUT2D eigenvalue weighted by Gasteiger charge is 2.03. The summed E-state index contributed by atoms with van der Waals surface area (Å²) in [7, 11) is 0. The van der Waals surface area contributed by atoms with Crippen molar-refractivity contribution in [2.45, 2.75) is 11.4 Å². The molecule has 3 aromatic rings. The zero-order valence-electron chi connectivity index (χ0n) is 13.4. The Morgan fingerprint density at radius 2 is 1.75 bits per heavy atom. The SMILES string of the molecule is CSc1ccc(-c2ccc(=O)n(C/C=C/c3ccccc3)n2)cc1. The van der Waals surface area contributed by atoms with Gasteiger partial charge in [0.25, 0.3) is 5.56 Å². The molecule has 0 radical (unpaired) electrons. The van der Waals surface area contributed by atoms with Crippen molar-refractivity contribution < 1.29 is 0 Å². The predicted octanol–water partition coefficient (Wildman–Crippen LogP) is 4.35.